The minimum absolute atomic E-state index is 0.559. The van der Waals surface area contributed by atoms with Crippen molar-refractivity contribution >= 4 is 10.4 Å². The lowest BCUT2D eigenvalue weighted by atomic mass is 9.93. The summed E-state index contributed by atoms with van der Waals surface area (Å²) in [6.07, 6.45) is 0. The molecule has 0 saturated heterocycles. The van der Waals surface area contributed by atoms with Crippen LogP contribution in [-0.2, 0) is 10.4 Å². The van der Waals surface area contributed by atoms with Gasteiger partial charge in [-0.2, -0.15) is 8.42 Å². The zero-order valence-corrected chi connectivity index (χ0v) is 15.9. The molecule has 0 saturated carbocycles. The van der Waals surface area contributed by atoms with Crippen molar-refractivity contribution in [2.45, 2.75) is 0 Å². The first kappa shape index (κ1) is 21.5. The average Bonchev–Trinajstić information content (AvgIpc) is 2.57. The van der Waals surface area contributed by atoms with Gasteiger partial charge in [-0.15, -0.1) is 0 Å². The van der Waals surface area contributed by atoms with Crippen molar-refractivity contribution < 1.29 is 58.0 Å². The zero-order chi connectivity index (χ0) is 23.2. The van der Waals surface area contributed by atoms with E-state index in [0.717, 1.165) is 12.1 Å². The van der Waals surface area contributed by atoms with E-state index in [4.69, 9.17) is 4.55 Å². The van der Waals surface area contributed by atoms with Crippen LogP contribution < -0.4 is 4.18 Å². The van der Waals surface area contributed by atoms with Crippen LogP contribution in [0.2, 0.25) is 0 Å². The Morgan fingerprint density at radius 2 is 0.935 bits per heavy atom. The maximum absolute atomic E-state index is 11.2. The van der Waals surface area contributed by atoms with Crippen LogP contribution in [0.15, 0.2) is 30.3 Å². The van der Waals surface area contributed by atoms with Gasteiger partial charge in [0.25, 0.3) is 0 Å². The predicted molar refractivity (Wildman–Crippen MR) is 103 cm³/mol. The van der Waals surface area contributed by atoms with Crippen molar-refractivity contribution in [2.24, 2.45) is 0 Å². The maximum atomic E-state index is 11.2. The molecule has 0 aliphatic heterocycles. The van der Waals surface area contributed by atoms with Crippen molar-refractivity contribution in [3.8, 4) is 74.0 Å². The van der Waals surface area contributed by atoms with Crippen LogP contribution in [0.3, 0.4) is 0 Å². The van der Waals surface area contributed by atoms with Gasteiger partial charge in [-0.3, -0.25) is 4.55 Å². The fraction of sp³-hybridized carbons (Fsp3) is 0. The van der Waals surface area contributed by atoms with Crippen molar-refractivity contribution in [1.29, 1.82) is 0 Å². The van der Waals surface area contributed by atoms with Gasteiger partial charge < -0.3 is 45.0 Å². The highest BCUT2D eigenvalue weighted by atomic mass is 32.3. The Morgan fingerprint density at radius 1 is 0.548 bits per heavy atom. The molecule has 0 aromatic heterocycles. The monoisotopic (exact) mass is 454 g/mol. The zero-order valence-electron chi connectivity index (χ0n) is 15.0. The second kappa shape index (κ2) is 7.23. The Balaban J connectivity index is 2.43. The van der Waals surface area contributed by atoms with Crippen molar-refractivity contribution in [3.63, 3.8) is 0 Å². The summed E-state index contributed by atoms with van der Waals surface area (Å²) in [5.74, 6) is -7.63. The molecule has 0 amide bonds. The summed E-state index contributed by atoms with van der Waals surface area (Å²) in [4.78, 5) is 0. The molecule has 0 heterocycles. The third-order valence-corrected chi connectivity index (χ3v) is 4.49. The van der Waals surface area contributed by atoms with Crippen LogP contribution in [0.1, 0.15) is 0 Å². The van der Waals surface area contributed by atoms with Gasteiger partial charge in [0, 0.05) is 30.3 Å². The topological polar surface area (TPSA) is 225 Å². The van der Waals surface area contributed by atoms with E-state index in [9.17, 15) is 49.3 Å². The summed E-state index contributed by atoms with van der Waals surface area (Å²) in [5, 5.41) is 80.7. The third-order valence-electron chi connectivity index (χ3n) is 4.10. The number of aromatic hydroxyl groups is 8. The lowest BCUT2D eigenvalue weighted by molar-refractivity contribution is 0.382. The summed E-state index contributed by atoms with van der Waals surface area (Å²) in [7, 11) is -5.20. The average molecular weight is 454 g/mol. The van der Waals surface area contributed by atoms with Gasteiger partial charge in [0.15, 0.2) is 5.75 Å². The van der Waals surface area contributed by atoms with E-state index in [0.29, 0.717) is 18.2 Å². The molecule has 9 N–H and O–H groups in total. The molecular formula is C18H14O12S. The van der Waals surface area contributed by atoms with Crippen LogP contribution in [-0.4, -0.2) is 53.8 Å². The Morgan fingerprint density at radius 3 is 1.42 bits per heavy atom. The minimum atomic E-state index is -5.20. The molecule has 0 radical (unpaired) electrons. The van der Waals surface area contributed by atoms with Crippen LogP contribution >= 0.6 is 0 Å². The number of benzene rings is 3. The van der Waals surface area contributed by atoms with Crippen molar-refractivity contribution in [3.05, 3.63) is 30.3 Å². The lowest BCUT2D eigenvalue weighted by Crippen LogP contribution is -2.07. The molecule has 12 nitrogen and oxygen atoms in total. The predicted octanol–water partition coefficient (Wildman–Crippen LogP) is 1.85. The van der Waals surface area contributed by atoms with E-state index in [-0.39, 0.29) is 0 Å². The summed E-state index contributed by atoms with van der Waals surface area (Å²) >= 11 is 0. The number of phenols is 8. The molecule has 3 aromatic carbocycles. The molecule has 0 unspecified atom stereocenters. The van der Waals surface area contributed by atoms with E-state index >= 15 is 0 Å². The van der Waals surface area contributed by atoms with Gasteiger partial charge in [-0.05, 0) is 0 Å². The number of hydrogen-bond donors (Lipinski definition) is 9. The van der Waals surface area contributed by atoms with E-state index < -0.39 is 84.4 Å². The molecule has 0 aliphatic rings. The van der Waals surface area contributed by atoms with Gasteiger partial charge in [0.05, 0.1) is 22.3 Å². The highest BCUT2D eigenvalue weighted by molar-refractivity contribution is 7.81. The van der Waals surface area contributed by atoms with Gasteiger partial charge in [0.2, 0.25) is 0 Å². The SMILES string of the molecule is O=S(=O)(O)Oc1cc(O)cc(O)c1-c1c(O)cc(O)c(-c2c(O)cc(O)cc2O)c1O. The van der Waals surface area contributed by atoms with Crippen LogP contribution in [0, 0.1) is 0 Å². The van der Waals surface area contributed by atoms with E-state index in [1.54, 1.807) is 0 Å². The van der Waals surface area contributed by atoms with Crippen LogP contribution in [0.25, 0.3) is 22.3 Å². The van der Waals surface area contributed by atoms with Crippen LogP contribution in [0.4, 0.5) is 0 Å². The largest absolute Gasteiger partial charge is 0.508 e. The molecule has 0 spiro atoms. The van der Waals surface area contributed by atoms with Gasteiger partial charge in [-0.25, -0.2) is 0 Å². The molecule has 164 valence electrons. The first-order valence-corrected chi connectivity index (χ1v) is 9.43. The maximum Gasteiger partial charge on any atom is 0.446 e. The van der Waals surface area contributed by atoms with Crippen LogP contribution in [0.5, 0.6) is 51.7 Å². The molecule has 31 heavy (non-hydrogen) atoms. The fourth-order valence-corrected chi connectivity index (χ4v) is 3.36. The molecule has 3 aromatic rings. The normalized spacial score (nSPS) is 11.4. The molecule has 0 bridgehead atoms. The van der Waals surface area contributed by atoms with Crippen molar-refractivity contribution in [2.75, 3.05) is 0 Å². The summed E-state index contributed by atoms with van der Waals surface area (Å²) in [6.45, 7) is 0. The molecule has 0 fully saturated rings. The lowest BCUT2D eigenvalue weighted by Gasteiger charge is -2.18. The Bertz CT molecular complexity index is 1290. The second-order valence-corrected chi connectivity index (χ2v) is 7.24. The van der Waals surface area contributed by atoms with E-state index in [1.165, 1.54) is 0 Å². The standard InChI is InChI=1S/C18H14O12S/c19-6-1-8(21)14(9(22)2-6)16-11(24)5-12(25)17(18(16)26)15-10(23)3-7(20)4-13(15)30-31(27,28)29/h1-5,19-26H,(H,27,28,29). The van der Waals surface area contributed by atoms with Gasteiger partial charge >= 0.3 is 10.4 Å². The Labute approximate surface area is 173 Å². The molecule has 0 atom stereocenters. The van der Waals surface area contributed by atoms with Gasteiger partial charge in [0.1, 0.15) is 46.0 Å². The number of phenolic OH excluding ortho intramolecular Hbond substituents is 8. The summed E-state index contributed by atoms with van der Waals surface area (Å²) in [6, 6.07) is 3.48. The summed E-state index contributed by atoms with van der Waals surface area (Å²) < 4.78 is 35.6. The van der Waals surface area contributed by atoms with E-state index in [2.05, 4.69) is 4.18 Å². The smallest absolute Gasteiger partial charge is 0.446 e. The molecule has 3 rings (SSSR count). The van der Waals surface area contributed by atoms with Gasteiger partial charge in [-0.1, -0.05) is 0 Å². The minimum Gasteiger partial charge on any atom is -0.508 e. The second-order valence-electron chi connectivity index (χ2n) is 6.22. The number of hydrogen-bond acceptors (Lipinski definition) is 11. The highest BCUT2D eigenvalue weighted by Crippen LogP contribution is 2.56. The fourth-order valence-electron chi connectivity index (χ4n) is 3.00. The summed E-state index contributed by atoms with van der Waals surface area (Å²) in [5.41, 5.74) is -2.79. The Hall–Kier alpha value is -4.23. The number of rotatable bonds is 4. The van der Waals surface area contributed by atoms with E-state index in [1.807, 2.05) is 0 Å². The molecule has 0 aliphatic carbocycles. The first-order chi connectivity index (χ1) is 14.3. The third kappa shape index (κ3) is 3.94. The highest BCUT2D eigenvalue weighted by Gasteiger charge is 2.29. The first-order valence-electron chi connectivity index (χ1n) is 8.06. The Kier molecular flexibility index (Phi) is 5.01. The molecule has 13 heteroatoms. The quantitative estimate of drug-likeness (QED) is 0.257. The van der Waals surface area contributed by atoms with Crippen molar-refractivity contribution in [1.82, 2.24) is 0 Å². The molecular weight excluding hydrogens is 440 g/mol.